The molecule has 0 saturated carbocycles. The number of nitrogen functional groups attached to an aromatic ring is 1. The third-order valence-corrected chi connectivity index (χ3v) is 8.91. The molecule has 2 aromatic rings. The number of piperidine rings is 1. The number of ether oxygens (including phenoxy) is 1. The number of nitrogens with one attached hydrogen (secondary N) is 2. The summed E-state index contributed by atoms with van der Waals surface area (Å²) < 4.78 is 41.2. The van der Waals surface area contributed by atoms with E-state index in [0.29, 0.717) is 29.9 Å². The van der Waals surface area contributed by atoms with E-state index in [4.69, 9.17) is 25.6 Å². The number of rotatable bonds is 12. The summed E-state index contributed by atoms with van der Waals surface area (Å²) >= 11 is 0.962. The number of aliphatic imine (C=N–C) groups is 1. The first-order valence-corrected chi connectivity index (χ1v) is 16.9. The normalized spacial score (nSPS) is 20.6. The summed E-state index contributed by atoms with van der Waals surface area (Å²) in [5, 5.41) is 21.0. The van der Waals surface area contributed by atoms with Gasteiger partial charge in [0.25, 0.3) is 17.9 Å². The molecule has 3 aliphatic rings. The number of nitrogens with two attached hydrogens (primary N) is 2. The van der Waals surface area contributed by atoms with Crippen molar-refractivity contribution in [2.75, 3.05) is 25.4 Å². The number of guanidine groups is 1. The van der Waals surface area contributed by atoms with Gasteiger partial charge in [-0.05, 0) is 63.0 Å². The number of carbonyl (C=O) groups is 3. The van der Waals surface area contributed by atoms with Crippen molar-refractivity contribution >= 4 is 56.3 Å². The lowest BCUT2D eigenvalue weighted by atomic mass is 9.84. The van der Waals surface area contributed by atoms with Crippen LogP contribution in [0.2, 0.25) is 0 Å². The van der Waals surface area contributed by atoms with Gasteiger partial charge in [-0.3, -0.25) is 14.1 Å². The molecule has 3 aliphatic heterocycles. The van der Waals surface area contributed by atoms with E-state index in [1.807, 2.05) is 11.0 Å². The van der Waals surface area contributed by atoms with Crippen molar-refractivity contribution in [3.8, 4) is 5.75 Å². The Morgan fingerprint density at radius 1 is 1.25 bits per heavy atom. The monoisotopic (exact) mass is 709 g/mol. The molecule has 0 aliphatic carbocycles. The number of hydrogen-bond acceptors (Lipinski definition) is 14. The van der Waals surface area contributed by atoms with Gasteiger partial charge in [-0.25, -0.2) is 14.8 Å². The number of fused-ring (bicyclic) bond motifs is 1. The van der Waals surface area contributed by atoms with Crippen LogP contribution in [0.4, 0.5) is 5.13 Å². The van der Waals surface area contributed by atoms with Crippen LogP contribution in [-0.4, -0.2) is 106 Å². The van der Waals surface area contributed by atoms with Crippen molar-refractivity contribution in [2.45, 2.75) is 63.5 Å². The van der Waals surface area contributed by atoms with E-state index in [1.165, 1.54) is 19.2 Å². The van der Waals surface area contributed by atoms with Gasteiger partial charge in [0.2, 0.25) is 0 Å². The van der Waals surface area contributed by atoms with Crippen LogP contribution < -0.4 is 26.8 Å². The Morgan fingerprint density at radius 3 is 2.58 bits per heavy atom. The minimum absolute atomic E-state index is 0.0610. The van der Waals surface area contributed by atoms with Gasteiger partial charge < -0.3 is 41.7 Å². The number of carboxylic acid groups (broad SMARTS) is 1. The second-order valence-electron chi connectivity index (χ2n) is 11.7. The fourth-order valence-electron chi connectivity index (χ4n) is 5.28. The standard InChI is InChI=1S/C27H35N9O10S2/c1-27(2)21(23(38)36(27)46-48(41,42)43)33-22(37)20(18-13-47-26(29)32-18)34-45-19(24(39)40)12-44-17-4-3-14-10-35(11-15(14)9-17)25(28)31-16-5-7-30-8-6-16/h3-4,9,13,16,19,21,30H,5-8,10-12H2,1-2H3,(H2,28,31)(H2,29,32)(H,33,37)(H,39,40)(H,41,42,43)/b34-20-. The number of β-lactam (4-membered cyclic amide) rings is 1. The second kappa shape index (κ2) is 13.9. The Kier molecular flexibility index (Phi) is 10.1. The molecule has 5 rings (SSSR count). The van der Waals surface area contributed by atoms with Crippen LogP contribution in [0.15, 0.2) is 33.7 Å². The highest BCUT2D eigenvalue weighted by atomic mass is 32.3. The zero-order valence-corrected chi connectivity index (χ0v) is 27.5. The van der Waals surface area contributed by atoms with E-state index in [1.54, 1.807) is 12.1 Å². The predicted molar refractivity (Wildman–Crippen MR) is 170 cm³/mol. The number of nitrogens with zero attached hydrogens (tertiary/aromatic N) is 5. The van der Waals surface area contributed by atoms with Gasteiger partial charge in [-0.15, -0.1) is 15.6 Å². The average molecular weight is 710 g/mol. The van der Waals surface area contributed by atoms with E-state index in [0.717, 1.165) is 48.4 Å². The van der Waals surface area contributed by atoms with Crippen LogP contribution in [0.1, 0.15) is 43.5 Å². The van der Waals surface area contributed by atoms with Crippen LogP contribution in [0.5, 0.6) is 5.75 Å². The highest BCUT2D eigenvalue weighted by Crippen LogP contribution is 2.33. The van der Waals surface area contributed by atoms with E-state index in [9.17, 15) is 27.9 Å². The smallest absolute Gasteiger partial charge is 0.418 e. The molecule has 4 heterocycles. The zero-order valence-electron chi connectivity index (χ0n) is 25.9. The topological polar surface area (TPSA) is 274 Å². The quantitative estimate of drug-likeness (QED) is 0.0518. The summed E-state index contributed by atoms with van der Waals surface area (Å²) in [5.41, 5.74) is 12.0. The Balaban J connectivity index is 1.24. The van der Waals surface area contributed by atoms with Gasteiger partial charge in [0, 0.05) is 18.5 Å². The van der Waals surface area contributed by atoms with Gasteiger partial charge in [-0.1, -0.05) is 11.2 Å². The maximum Gasteiger partial charge on any atom is 0.418 e. The highest BCUT2D eigenvalue weighted by molar-refractivity contribution is 7.80. The molecule has 1 aromatic carbocycles. The van der Waals surface area contributed by atoms with Crippen molar-refractivity contribution < 1.29 is 46.3 Å². The number of carbonyl (C=O) groups excluding carboxylic acids is 2. The fourth-order valence-corrected chi connectivity index (χ4v) is 6.28. The number of hydrogen-bond donors (Lipinski definition) is 6. The van der Waals surface area contributed by atoms with Gasteiger partial charge in [0.15, 0.2) is 16.8 Å². The van der Waals surface area contributed by atoms with E-state index < -0.39 is 58.2 Å². The summed E-state index contributed by atoms with van der Waals surface area (Å²) in [6, 6.07) is 4.17. The maximum atomic E-state index is 13.3. The van der Waals surface area contributed by atoms with Crippen molar-refractivity contribution in [2.24, 2.45) is 15.9 Å². The molecule has 0 spiro atoms. The number of oxime groups is 1. The Hall–Kier alpha value is -4.57. The van der Waals surface area contributed by atoms with E-state index in [-0.39, 0.29) is 16.9 Å². The summed E-state index contributed by atoms with van der Waals surface area (Å²) in [6.45, 7) is 5.12. The number of carboxylic acids is 1. The molecule has 1 aromatic heterocycles. The first-order valence-electron chi connectivity index (χ1n) is 14.7. The Labute approximate surface area is 278 Å². The van der Waals surface area contributed by atoms with Crippen LogP contribution in [0, 0.1) is 0 Å². The number of anilines is 1. The summed E-state index contributed by atoms with van der Waals surface area (Å²) in [6.07, 6.45) is 0.167. The minimum Gasteiger partial charge on any atom is -0.489 e. The van der Waals surface area contributed by atoms with Crippen molar-refractivity contribution in [1.82, 2.24) is 25.6 Å². The first kappa shape index (κ1) is 34.8. The number of amides is 2. The first-order chi connectivity index (χ1) is 22.6. The van der Waals surface area contributed by atoms with Crippen molar-refractivity contribution in [3.63, 3.8) is 0 Å². The molecule has 260 valence electrons. The van der Waals surface area contributed by atoms with Gasteiger partial charge in [0.1, 0.15) is 24.1 Å². The van der Waals surface area contributed by atoms with Crippen molar-refractivity contribution in [1.29, 1.82) is 0 Å². The third kappa shape index (κ3) is 7.93. The summed E-state index contributed by atoms with van der Waals surface area (Å²) in [4.78, 5) is 53.7. The lowest BCUT2D eigenvalue weighted by Crippen LogP contribution is -2.76. The molecular weight excluding hydrogens is 674 g/mol. The molecule has 0 bridgehead atoms. The predicted octanol–water partition coefficient (Wildman–Crippen LogP) is -0.799. The molecule has 2 atom stereocenters. The lowest BCUT2D eigenvalue weighted by Gasteiger charge is -2.50. The van der Waals surface area contributed by atoms with E-state index >= 15 is 0 Å². The van der Waals surface area contributed by atoms with Gasteiger partial charge >= 0.3 is 16.4 Å². The molecule has 21 heteroatoms. The molecule has 0 radical (unpaired) electrons. The zero-order chi connectivity index (χ0) is 34.8. The number of hydroxylamine groups is 2. The van der Waals surface area contributed by atoms with Gasteiger partial charge in [0.05, 0.1) is 11.6 Å². The Morgan fingerprint density at radius 2 is 1.96 bits per heavy atom. The number of benzene rings is 1. The molecule has 2 unspecified atom stereocenters. The molecule has 8 N–H and O–H groups in total. The molecule has 48 heavy (non-hydrogen) atoms. The van der Waals surface area contributed by atoms with Crippen molar-refractivity contribution in [3.05, 3.63) is 40.4 Å². The molecule has 2 saturated heterocycles. The molecular formula is C27H35N9O10S2. The Bertz CT molecular complexity index is 1740. The summed E-state index contributed by atoms with van der Waals surface area (Å²) in [5.74, 6) is -2.62. The number of aliphatic carboxylic acids is 1. The van der Waals surface area contributed by atoms with Gasteiger partial charge in [-0.2, -0.15) is 13.5 Å². The fraction of sp³-hybridized carbons (Fsp3) is 0.481. The number of aromatic nitrogens is 1. The number of thiazole rings is 1. The minimum atomic E-state index is -5.02. The average Bonchev–Trinajstić information content (AvgIpc) is 3.66. The largest absolute Gasteiger partial charge is 0.489 e. The highest BCUT2D eigenvalue weighted by Gasteiger charge is 2.58. The molecule has 19 nitrogen and oxygen atoms in total. The van der Waals surface area contributed by atoms with Crippen LogP contribution in [0.25, 0.3) is 0 Å². The third-order valence-electron chi connectivity index (χ3n) is 7.90. The van der Waals surface area contributed by atoms with Crippen LogP contribution in [0.3, 0.4) is 0 Å². The molecule has 2 amide bonds. The lowest BCUT2D eigenvalue weighted by molar-refractivity contribution is -0.218. The molecule has 2 fully saturated rings. The maximum absolute atomic E-state index is 13.3. The van der Waals surface area contributed by atoms with Crippen LogP contribution >= 0.6 is 11.3 Å². The van der Waals surface area contributed by atoms with E-state index in [2.05, 4.69) is 30.0 Å². The van der Waals surface area contributed by atoms with Crippen LogP contribution in [-0.2, 0) is 47.0 Å². The SMILES string of the molecule is CC1(C)C(NC(=O)/C(=N\OC(COc2ccc3c(c2)CN(C(N)=NC2CCNCC2)C3)C(=O)O)c2csc(N)n2)C(=O)N1OS(=O)(=O)O. The summed E-state index contributed by atoms with van der Waals surface area (Å²) in [7, 11) is -5.02. The second-order valence-corrected chi connectivity index (χ2v) is 13.6.